The molecule has 0 aliphatic rings. The number of benzene rings is 2. The number of hydrogen-bond acceptors (Lipinski definition) is 8. The number of halogens is 4. The molecule has 1 atom stereocenters. The molecule has 252 valence electrons. The molecule has 48 heavy (non-hydrogen) atoms. The highest BCUT2D eigenvalue weighted by Gasteiger charge is 2.25. The Morgan fingerprint density at radius 2 is 1.33 bits per heavy atom. The zero-order valence-electron chi connectivity index (χ0n) is 26.3. The van der Waals surface area contributed by atoms with Crippen molar-refractivity contribution < 1.29 is 37.4 Å². The van der Waals surface area contributed by atoms with E-state index in [0.717, 1.165) is 6.08 Å². The van der Waals surface area contributed by atoms with Crippen LogP contribution >= 0.6 is 23.2 Å². The highest BCUT2D eigenvalue weighted by molar-refractivity contribution is 6.30. The van der Waals surface area contributed by atoms with Gasteiger partial charge in [-0.1, -0.05) is 41.9 Å². The molecule has 0 N–H and O–H groups in total. The summed E-state index contributed by atoms with van der Waals surface area (Å²) in [7, 11) is 0. The number of ketones is 2. The van der Waals surface area contributed by atoms with Crippen LogP contribution in [0.3, 0.4) is 0 Å². The van der Waals surface area contributed by atoms with Crippen LogP contribution in [0.4, 0.5) is 8.78 Å². The number of rotatable bonds is 12. The Morgan fingerprint density at radius 1 is 0.792 bits per heavy atom. The molecule has 0 saturated carbocycles. The zero-order valence-corrected chi connectivity index (χ0v) is 27.8. The lowest BCUT2D eigenvalue weighted by Crippen LogP contribution is -2.16. The van der Waals surface area contributed by atoms with Gasteiger partial charge in [0.2, 0.25) is 0 Å². The highest BCUT2D eigenvalue weighted by atomic mass is 35.5. The molecule has 2 aromatic heterocycles. The van der Waals surface area contributed by atoms with Crippen molar-refractivity contribution in [2.75, 3.05) is 13.2 Å². The topological polar surface area (TPSA) is 113 Å². The van der Waals surface area contributed by atoms with Crippen LogP contribution in [0, 0.1) is 11.6 Å². The number of carbonyl (C=O) groups is 4. The molecule has 0 saturated heterocycles. The van der Waals surface area contributed by atoms with Crippen molar-refractivity contribution in [1.29, 1.82) is 0 Å². The molecular weight excluding hydrogens is 665 g/mol. The Balaban J connectivity index is 0.000000289. The molecule has 0 radical (unpaired) electrons. The summed E-state index contributed by atoms with van der Waals surface area (Å²) in [4.78, 5) is 54.3. The van der Waals surface area contributed by atoms with Gasteiger partial charge in [-0.15, -0.1) is 0 Å². The summed E-state index contributed by atoms with van der Waals surface area (Å²) in [6, 6.07) is 17.6. The van der Waals surface area contributed by atoms with Gasteiger partial charge >= 0.3 is 11.9 Å². The van der Waals surface area contributed by atoms with E-state index < -0.39 is 11.7 Å². The number of esters is 2. The predicted octanol–water partition coefficient (Wildman–Crippen LogP) is 8.22. The van der Waals surface area contributed by atoms with E-state index >= 15 is 0 Å². The average Bonchev–Trinajstić information content (AvgIpc) is 3.08. The van der Waals surface area contributed by atoms with Gasteiger partial charge in [-0.25, -0.2) is 23.5 Å². The minimum absolute atomic E-state index is 0.0800. The van der Waals surface area contributed by atoms with Crippen molar-refractivity contribution in [2.45, 2.75) is 39.0 Å². The molecule has 12 heteroatoms. The van der Waals surface area contributed by atoms with Crippen LogP contribution in [0.1, 0.15) is 64.4 Å². The maximum Gasteiger partial charge on any atom is 0.330 e. The Labute approximate surface area is 287 Å². The van der Waals surface area contributed by atoms with Crippen molar-refractivity contribution >= 4 is 46.7 Å². The number of nitrogens with zero attached hydrogens (tertiary/aromatic N) is 2. The fourth-order valence-electron chi connectivity index (χ4n) is 4.06. The minimum Gasteiger partial charge on any atom is -0.466 e. The van der Waals surface area contributed by atoms with E-state index in [0.29, 0.717) is 34.0 Å². The van der Waals surface area contributed by atoms with Gasteiger partial charge in [0.15, 0.2) is 11.6 Å². The van der Waals surface area contributed by atoms with E-state index in [1.807, 2.05) is 0 Å². The summed E-state index contributed by atoms with van der Waals surface area (Å²) in [5, 5.41) is 0.532. The van der Waals surface area contributed by atoms with Crippen LogP contribution in [-0.4, -0.2) is 46.7 Å². The first-order valence-corrected chi connectivity index (χ1v) is 15.5. The number of ether oxygens (including phenoxy) is 2. The molecule has 1 unspecified atom stereocenters. The summed E-state index contributed by atoms with van der Waals surface area (Å²) in [5.74, 6) is -2.53. The molecule has 0 spiro atoms. The number of Topliss-reactive ketones (excluding diaryl/α,β-unsaturated/α-hetero) is 2. The Bertz CT molecular complexity index is 1670. The van der Waals surface area contributed by atoms with Crippen LogP contribution < -0.4 is 0 Å². The van der Waals surface area contributed by atoms with Gasteiger partial charge in [0.1, 0.15) is 21.9 Å². The molecule has 4 aromatic rings. The van der Waals surface area contributed by atoms with E-state index in [1.54, 1.807) is 44.3 Å². The highest BCUT2D eigenvalue weighted by Crippen LogP contribution is 2.30. The first kappa shape index (κ1) is 39.4. The molecular formula is C36H34Cl2F2N2O6. The maximum atomic E-state index is 13.1. The SMILES string of the molecule is C=CC(=O)OCC.CCOC(=O)CCC(C(=O)c1ccc(F)cc1)c1cccnc1Cl.O=C(Cc1cccnc1Cl)c1ccc(F)cc1. The fraction of sp³-hybridized carbons (Fsp3) is 0.222. The van der Waals surface area contributed by atoms with Crippen LogP contribution in [0.5, 0.6) is 0 Å². The van der Waals surface area contributed by atoms with Crippen molar-refractivity contribution in [3.05, 3.63) is 142 Å². The minimum atomic E-state index is -0.652. The van der Waals surface area contributed by atoms with E-state index in [2.05, 4.69) is 21.3 Å². The number of hydrogen-bond donors (Lipinski definition) is 0. The monoisotopic (exact) mass is 698 g/mol. The Morgan fingerprint density at radius 3 is 1.83 bits per heavy atom. The van der Waals surface area contributed by atoms with E-state index in [9.17, 15) is 28.0 Å². The molecule has 4 rings (SSSR count). The third-order valence-corrected chi connectivity index (χ3v) is 7.01. The maximum absolute atomic E-state index is 13.1. The smallest absolute Gasteiger partial charge is 0.330 e. The summed E-state index contributed by atoms with van der Waals surface area (Å²) in [6.45, 7) is 7.38. The second-order valence-corrected chi connectivity index (χ2v) is 10.4. The zero-order chi connectivity index (χ0) is 35.5. The van der Waals surface area contributed by atoms with Crippen LogP contribution in [0.15, 0.2) is 97.8 Å². The first-order valence-electron chi connectivity index (χ1n) is 14.7. The van der Waals surface area contributed by atoms with Gasteiger partial charge in [-0.2, -0.15) is 0 Å². The molecule has 2 aromatic carbocycles. The van der Waals surface area contributed by atoms with Gasteiger partial charge in [-0.3, -0.25) is 14.4 Å². The number of carbonyl (C=O) groups excluding carboxylic acids is 4. The largest absolute Gasteiger partial charge is 0.466 e. The Kier molecular flexibility index (Phi) is 17.3. The molecule has 0 aliphatic heterocycles. The van der Waals surface area contributed by atoms with Crippen molar-refractivity contribution in [3.63, 3.8) is 0 Å². The number of pyridine rings is 2. The summed E-state index contributed by atoms with van der Waals surface area (Å²) < 4.78 is 35.1. The van der Waals surface area contributed by atoms with E-state index in [4.69, 9.17) is 27.9 Å². The van der Waals surface area contributed by atoms with E-state index in [-0.39, 0.29) is 60.3 Å². The van der Waals surface area contributed by atoms with Gasteiger partial charge in [-0.05, 0) is 86.5 Å². The summed E-state index contributed by atoms with van der Waals surface area (Å²) >= 11 is 12.0. The van der Waals surface area contributed by atoms with Crippen LogP contribution in [0.2, 0.25) is 10.3 Å². The summed E-state index contributed by atoms with van der Waals surface area (Å²) in [5.41, 5.74) is 2.03. The lowest BCUT2D eigenvalue weighted by molar-refractivity contribution is -0.143. The van der Waals surface area contributed by atoms with Crippen LogP contribution in [0.25, 0.3) is 0 Å². The second kappa shape index (κ2) is 21.1. The lowest BCUT2D eigenvalue weighted by atomic mass is 9.88. The predicted molar refractivity (Wildman–Crippen MR) is 179 cm³/mol. The molecule has 0 bridgehead atoms. The second-order valence-electron chi connectivity index (χ2n) is 9.67. The first-order chi connectivity index (χ1) is 23.0. The lowest BCUT2D eigenvalue weighted by Gasteiger charge is -2.17. The third kappa shape index (κ3) is 13.5. The standard InChI is InChI=1S/C18H17ClFNO3.C13H9ClFNO.C5H8O2/c1-2-24-16(22)10-9-14(15-4-3-11-21-18(15)19)17(23)12-5-7-13(20)8-6-12;14-13-10(2-1-7-16-13)8-12(17)9-3-5-11(15)6-4-9;1-3-5(6)7-4-2/h3-8,11,14H,2,9-10H2,1H3;1-7H,8H2;3H,1,4H2,2H3. The molecule has 2 heterocycles. The van der Waals surface area contributed by atoms with Gasteiger partial charge in [0.05, 0.1) is 19.1 Å². The Hall–Kier alpha value is -4.80. The molecule has 8 nitrogen and oxygen atoms in total. The van der Waals surface area contributed by atoms with Gasteiger partial charge < -0.3 is 9.47 Å². The van der Waals surface area contributed by atoms with Crippen molar-refractivity contribution in [3.8, 4) is 0 Å². The van der Waals surface area contributed by atoms with Gasteiger partial charge in [0, 0.05) is 48.0 Å². The molecule has 0 aliphatic carbocycles. The van der Waals surface area contributed by atoms with Gasteiger partial charge in [0.25, 0.3) is 0 Å². The molecule has 0 amide bonds. The quantitative estimate of drug-likeness (QED) is 0.0630. The summed E-state index contributed by atoms with van der Waals surface area (Å²) in [6.07, 6.45) is 4.71. The normalized spacial score (nSPS) is 10.6. The van der Waals surface area contributed by atoms with E-state index in [1.165, 1.54) is 54.7 Å². The van der Waals surface area contributed by atoms with Crippen molar-refractivity contribution in [2.24, 2.45) is 0 Å². The van der Waals surface area contributed by atoms with Crippen molar-refractivity contribution in [1.82, 2.24) is 9.97 Å². The third-order valence-electron chi connectivity index (χ3n) is 6.36. The fourth-order valence-corrected chi connectivity index (χ4v) is 4.50. The molecule has 0 fully saturated rings. The average molecular weight is 700 g/mol. The number of aromatic nitrogens is 2. The van der Waals surface area contributed by atoms with Crippen LogP contribution in [-0.2, 0) is 25.5 Å².